The lowest BCUT2D eigenvalue weighted by molar-refractivity contribution is -0.137. The van der Waals surface area contributed by atoms with Crippen molar-refractivity contribution in [3.05, 3.63) is 0 Å². The van der Waals surface area contributed by atoms with Crippen molar-refractivity contribution < 1.29 is 9.90 Å². The van der Waals surface area contributed by atoms with E-state index in [1.807, 2.05) is 0 Å². The third kappa shape index (κ3) is 4.40. The molecule has 0 aromatic carbocycles. The SMILES string of the molecule is O=C(O)CCCCCN1CSC(=S)N(C2CC2)C1. The first kappa shape index (κ1) is 14.1. The van der Waals surface area contributed by atoms with Gasteiger partial charge in [-0.2, -0.15) is 0 Å². The van der Waals surface area contributed by atoms with E-state index in [4.69, 9.17) is 17.3 Å². The zero-order valence-corrected chi connectivity index (χ0v) is 12.1. The lowest BCUT2D eigenvalue weighted by Gasteiger charge is -2.36. The van der Waals surface area contributed by atoms with E-state index in [-0.39, 0.29) is 0 Å². The number of nitrogens with zero attached hydrogens (tertiary/aromatic N) is 2. The fourth-order valence-corrected chi connectivity index (χ4v) is 3.36. The van der Waals surface area contributed by atoms with Gasteiger partial charge in [-0.1, -0.05) is 30.4 Å². The Morgan fingerprint density at radius 2 is 2.17 bits per heavy atom. The van der Waals surface area contributed by atoms with Gasteiger partial charge in [-0.3, -0.25) is 9.69 Å². The van der Waals surface area contributed by atoms with E-state index < -0.39 is 5.97 Å². The Labute approximate surface area is 118 Å². The Morgan fingerprint density at radius 1 is 1.39 bits per heavy atom. The standard InChI is InChI=1S/C12H20N2O2S2/c15-11(16)4-2-1-3-7-13-8-14(10-5-6-10)12(17)18-9-13/h10H,1-9H2,(H,15,16). The minimum Gasteiger partial charge on any atom is -0.481 e. The van der Waals surface area contributed by atoms with Crippen molar-refractivity contribution in [3.8, 4) is 0 Å². The third-order valence-electron chi connectivity index (χ3n) is 3.31. The summed E-state index contributed by atoms with van der Waals surface area (Å²) in [4.78, 5) is 15.2. The van der Waals surface area contributed by atoms with Gasteiger partial charge in [-0.05, 0) is 25.7 Å². The zero-order chi connectivity index (χ0) is 13.0. The second-order valence-corrected chi connectivity index (χ2v) is 6.56. The molecule has 102 valence electrons. The third-order valence-corrected chi connectivity index (χ3v) is 4.87. The van der Waals surface area contributed by atoms with Crippen LogP contribution in [0.5, 0.6) is 0 Å². The first-order valence-electron chi connectivity index (χ1n) is 6.54. The van der Waals surface area contributed by atoms with Gasteiger partial charge in [-0.15, -0.1) is 0 Å². The van der Waals surface area contributed by atoms with Crippen LogP contribution in [0.25, 0.3) is 0 Å². The first-order valence-corrected chi connectivity index (χ1v) is 7.94. The van der Waals surface area contributed by atoms with Crippen LogP contribution in [0.1, 0.15) is 38.5 Å². The molecule has 1 aliphatic heterocycles. The fraction of sp³-hybridized carbons (Fsp3) is 0.833. The van der Waals surface area contributed by atoms with Gasteiger partial charge in [0.2, 0.25) is 0 Å². The van der Waals surface area contributed by atoms with Crippen LogP contribution in [0.4, 0.5) is 0 Å². The molecule has 2 fully saturated rings. The van der Waals surface area contributed by atoms with E-state index in [0.29, 0.717) is 12.5 Å². The van der Waals surface area contributed by atoms with Gasteiger partial charge in [0.1, 0.15) is 4.32 Å². The summed E-state index contributed by atoms with van der Waals surface area (Å²) >= 11 is 7.14. The second kappa shape index (κ2) is 6.73. The van der Waals surface area contributed by atoms with Gasteiger partial charge in [0.25, 0.3) is 0 Å². The highest BCUT2D eigenvalue weighted by Crippen LogP contribution is 2.32. The number of carboxylic acids is 1. The van der Waals surface area contributed by atoms with Crippen molar-refractivity contribution in [1.82, 2.24) is 9.80 Å². The van der Waals surface area contributed by atoms with E-state index in [1.54, 1.807) is 11.8 Å². The minimum absolute atomic E-state index is 0.299. The van der Waals surface area contributed by atoms with Gasteiger partial charge >= 0.3 is 5.97 Å². The van der Waals surface area contributed by atoms with Gasteiger partial charge in [0.15, 0.2) is 0 Å². The molecule has 0 aromatic heterocycles. The molecular formula is C12H20N2O2S2. The van der Waals surface area contributed by atoms with Gasteiger partial charge < -0.3 is 10.0 Å². The molecule has 0 atom stereocenters. The summed E-state index contributed by atoms with van der Waals surface area (Å²) in [7, 11) is 0. The number of hydrogen-bond donors (Lipinski definition) is 1. The van der Waals surface area contributed by atoms with E-state index in [2.05, 4.69) is 9.80 Å². The number of rotatable bonds is 7. The maximum absolute atomic E-state index is 10.4. The number of unbranched alkanes of at least 4 members (excludes halogenated alkanes) is 2. The highest BCUT2D eigenvalue weighted by molar-refractivity contribution is 8.22. The number of thiocarbonyl (C=S) groups is 1. The zero-order valence-electron chi connectivity index (χ0n) is 10.5. The minimum atomic E-state index is -0.686. The molecule has 1 N–H and O–H groups in total. The smallest absolute Gasteiger partial charge is 0.303 e. The van der Waals surface area contributed by atoms with Gasteiger partial charge in [-0.25, -0.2) is 0 Å². The van der Waals surface area contributed by atoms with E-state index >= 15 is 0 Å². The molecule has 4 nitrogen and oxygen atoms in total. The van der Waals surface area contributed by atoms with Crippen LogP contribution >= 0.6 is 24.0 Å². The van der Waals surface area contributed by atoms with Crippen LogP contribution in [-0.2, 0) is 4.79 Å². The number of carboxylic acid groups (broad SMARTS) is 1. The topological polar surface area (TPSA) is 43.8 Å². The molecule has 18 heavy (non-hydrogen) atoms. The summed E-state index contributed by atoms with van der Waals surface area (Å²) in [5.41, 5.74) is 0. The average molecular weight is 288 g/mol. The van der Waals surface area contributed by atoms with Crippen molar-refractivity contribution in [3.63, 3.8) is 0 Å². The van der Waals surface area contributed by atoms with Crippen molar-refractivity contribution in [2.45, 2.75) is 44.6 Å². The van der Waals surface area contributed by atoms with E-state index in [0.717, 1.165) is 42.7 Å². The van der Waals surface area contributed by atoms with Gasteiger partial charge in [0, 0.05) is 19.0 Å². The summed E-state index contributed by atoms with van der Waals surface area (Å²) in [6, 6.07) is 0.694. The molecule has 0 radical (unpaired) electrons. The Balaban J connectivity index is 1.61. The molecule has 1 saturated heterocycles. The molecule has 0 unspecified atom stereocenters. The fourth-order valence-electron chi connectivity index (χ4n) is 2.12. The van der Waals surface area contributed by atoms with Crippen LogP contribution in [0.15, 0.2) is 0 Å². The molecule has 0 amide bonds. The van der Waals surface area contributed by atoms with Crippen LogP contribution in [0, 0.1) is 0 Å². The van der Waals surface area contributed by atoms with Gasteiger partial charge in [0.05, 0.1) is 12.5 Å². The van der Waals surface area contributed by atoms with E-state index in [9.17, 15) is 4.79 Å². The van der Waals surface area contributed by atoms with Crippen molar-refractivity contribution in [2.75, 3.05) is 19.1 Å². The Kier molecular flexibility index (Phi) is 5.26. The number of thioether (sulfide) groups is 1. The second-order valence-electron chi connectivity index (χ2n) is 4.98. The molecule has 0 spiro atoms. The Morgan fingerprint density at radius 3 is 2.83 bits per heavy atom. The van der Waals surface area contributed by atoms with Crippen LogP contribution in [-0.4, -0.2) is 50.3 Å². The molecule has 1 saturated carbocycles. The highest BCUT2D eigenvalue weighted by atomic mass is 32.2. The molecule has 0 aromatic rings. The van der Waals surface area contributed by atoms with Crippen molar-refractivity contribution in [2.24, 2.45) is 0 Å². The van der Waals surface area contributed by atoms with Crippen molar-refractivity contribution >= 4 is 34.3 Å². The van der Waals surface area contributed by atoms with E-state index in [1.165, 1.54) is 12.8 Å². The molecule has 0 bridgehead atoms. The highest BCUT2D eigenvalue weighted by Gasteiger charge is 2.34. The maximum atomic E-state index is 10.4. The van der Waals surface area contributed by atoms with Crippen LogP contribution < -0.4 is 0 Å². The summed E-state index contributed by atoms with van der Waals surface area (Å²) in [6.45, 7) is 2.02. The lowest BCUT2D eigenvalue weighted by atomic mass is 10.2. The molecule has 1 aliphatic carbocycles. The monoisotopic (exact) mass is 288 g/mol. The lowest BCUT2D eigenvalue weighted by Crippen LogP contribution is -2.46. The summed E-state index contributed by atoms with van der Waals surface area (Å²) in [5, 5.41) is 8.56. The predicted octanol–water partition coefficient (Wildman–Crippen LogP) is 2.34. The first-order chi connectivity index (χ1) is 8.66. The molecule has 2 aliphatic rings. The Bertz CT molecular complexity index is 321. The molecular weight excluding hydrogens is 268 g/mol. The number of aliphatic carboxylic acids is 1. The summed E-state index contributed by atoms with van der Waals surface area (Å²) < 4.78 is 1.06. The molecule has 6 heteroatoms. The maximum Gasteiger partial charge on any atom is 0.303 e. The molecule has 1 heterocycles. The average Bonchev–Trinajstić information content (AvgIpc) is 3.14. The normalized spacial score (nSPS) is 21.3. The van der Waals surface area contributed by atoms with Crippen molar-refractivity contribution in [1.29, 1.82) is 0 Å². The number of hydrogen-bond acceptors (Lipinski definition) is 4. The van der Waals surface area contributed by atoms with Crippen LogP contribution in [0.3, 0.4) is 0 Å². The van der Waals surface area contributed by atoms with Crippen LogP contribution in [0.2, 0.25) is 0 Å². The predicted molar refractivity (Wildman–Crippen MR) is 77.6 cm³/mol. The Hall–Kier alpha value is -0.330. The largest absolute Gasteiger partial charge is 0.481 e. The number of carbonyl (C=O) groups is 1. The molecule has 2 rings (SSSR count). The summed E-state index contributed by atoms with van der Waals surface area (Å²) in [6.07, 6.45) is 5.74. The quantitative estimate of drug-likeness (QED) is 0.573. The summed E-state index contributed by atoms with van der Waals surface area (Å²) in [5.74, 6) is 0.301.